The van der Waals surface area contributed by atoms with Gasteiger partial charge in [-0.25, -0.2) is 9.79 Å². The minimum absolute atomic E-state index is 0.265. The van der Waals surface area contributed by atoms with E-state index in [0.29, 0.717) is 31.8 Å². The molecule has 34 heavy (non-hydrogen) atoms. The molecule has 0 fully saturated rings. The molecule has 7 nitrogen and oxygen atoms in total. The van der Waals surface area contributed by atoms with Crippen molar-refractivity contribution in [2.24, 2.45) is 16.0 Å². The minimum atomic E-state index is -0.414. The first-order valence-electron chi connectivity index (χ1n) is 11.3. The largest absolute Gasteiger partial charge is 0.497 e. The Hall–Kier alpha value is -3.16. The van der Waals surface area contributed by atoms with Crippen molar-refractivity contribution in [2.45, 2.75) is 32.7 Å². The molecule has 0 radical (unpaired) electrons. The number of carbonyl (C=O) groups is 1. The molecule has 0 aliphatic carbocycles. The molecular formula is C26H28ClN3O4. The Balaban J connectivity index is 1.52. The van der Waals surface area contributed by atoms with Crippen LogP contribution in [0, 0.1) is 5.92 Å². The maximum absolute atomic E-state index is 12.8. The monoisotopic (exact) mass is 481 g/mol. The summed E-state index contributed by atoms with van der Waals surface area (Å²) >= 11 is 6.32. The van der Waals surface area contributed by atoms with Crippen molar-refractivity contribution < 1.29 is 19.0 Å². The molecule has 0 saturated carbocycles. The molecule has 0 amide bonds. The van der Waals surface area contributed by atoms with Crippen molar-refractivity contribution in [2.75, 3.05) is 20.3 Å². The van der Waals surface area contributed by atoms with Crippen LogP contribution in [0.15, 0.2) is 76.3 Å². The van der Waals surface area contributed by atoms with E-state index < -0.39 is 12.1 Å². The molecule has 2 aliphatic heterocycles. The van der Waals surface area contributed by atoms with Crippen LogP contribution >= 0.6 is 11.6 Å². The van der Waals surface area contributed by atoms with Gasteiger partial charge < -0.3 is 14.2 Å². The van der Waals surface area contributed by atoms with Crippen molar-refractivity contribution >= 4 is 28.5 Å². The summed E-state index contributed by atoms with van der Waals surface area (Å²) in [4.78, 5) is 17.4. The Morgan fingerprint density at radius 3 is 2.56 bits per heavy atom. The summed E-state index contributed by atoms with van der Waals surface area (Å²) in [7, 11) is 1.64. The van der Waals surface area contributed by atoms with Crippen LogP contribution in [-0.4, -0.2) is 48.4 Å². The lowest BCUT2D eigenvalue weighted by atomic mass is 9.88. The van der Waals surface area contributed by atoms with Crippen LogP contribution in [0.1, 0.15) is 24.5 Å². The van der Waals surface area contributed by atoms with Gasteiger partial charge in [0.05, 0.1) is 50.7 Å². The summed E-state index contributed by atoms with van der Waals surface area (Å²) < 4.78 is 16.5. The van der Waals surface area contributed by atoms with Gasteiger partial charge in [0.1, 0.15) is 10.9 Å². The lowest BCUT2D eigenvalue weighted by Crippen LogP contribution is -2.38. The lowest BCUT2D eigenvalue weighted by Gasteiger charge is -2.28. The molecule has 2 heterocycles. The molecule has 178 valence electrons. The van der Waals surface area contributed by atoms with E-state index in [4.69, 9.17) is 30.9 Å². The Kier molecular flexibility index (Phi) is 7.98. The van der Waals surface area contributed by atoms with E-state index in [1.807, 2.05) is 59.6 Å². The number of allylic oxidation sites excluding steroid dienone is 1. The van der Waals surface area contributed by atoms with Gasteiger partial charge in [0, 0.05) is 6.42 Å². The van der Waals surface area contributed by atoms with E-state index in [2.05, 4.69) is 4.99 Å². The number of halogens is 1. The van der Waals surface area contributed by atoms with Crippen LogP contribution < -0.4 is 4.74 Å². The van der Waals surface area contributed by atoms with Crippen LogP contribution in [0.3, 0.4) is 0 Å². The highest BCUT2D eigenvalue weighted by Gasteiger charge is 2.44. The van der Waals surface area contributed by atoms with E-state index >= 15 is 0 Å². The van der Waals surface area contributed by atoms with Crippen molar-refractivity contribution in [3.8, 4) is 5.75 Å². The zero-order chi connectivity index (χ0) is 23.9. The molecule has 2 unspecified atom stereocenters. The van der Waals surface area contributed by atoms with Crippen molar-refractivity contribution in [1.82, 2.24) is 5.01 Å². The number of hydrogen-bond donors (Lipinski definition) is 0. The molecule has 0 saturated heterocycles. The number of ether oxygens (including phenoxy) is 3. The highest BCUT2D eigenvalue weighted by molar-refractivity contribution is 6.68. The number of carbonyl (C=O) groups excluding carboxylic acids is 1. The third-order valence-corrected chi connectivity index (χ3v) is 5.92. The first-order valence-corrected chi connectivity index (χ1v) is 11.7. The fourth-order valence-corrected chi connectivity index (χ4v) is 4.30. The smallest absolute Gasteiger partial charge is 0.334 e. The fourth-order valence-electron chi connectivity index (χ4n) is 4.09. The second-order valence-corrected chi connectivity index (χ2v) is 8.38. The van der Waals surface area contributed by atoms with Gasteiger partial charge in [-0.15, -0.1) is 0 Å². The summed E-state index contributed by atoms with van der Waals surface area (Å²) in [5, 5.41) is 7.01. The topological polar surface area (TPSA) is 72.7 Å². The zero-order valence-corrected chi connectivity index (χ0v) is 20.1. The summed E-state index contributed by atoms with van der Waals surface area (Å²) in [6.07, 6.45) is 1.75. The number of hydrazone groups is 1. The zero-order valence-electron chi connectivity index (χ0n) is 19.3. The van der Waals surface area contributed by atoms with Gasteiger partial charge in [0.25, 0.3) is 0 Å². The molecule has 0 spiro atoms. The number of hydrogen-bond acceptors (Lipinski definition) is 7. The molecule has 0 bridgehead atoms. The molecular weight excluding hydrogens is 454 g/mol. The third kappa shape index (κ3) is 5.66. The first-order chi connectivity index (χ1) is 16.6. The molecule has 2 atom stereocenters. The van der Waals surface area contributed by atoms with E-state index in [-0.39, 0.29) is 17.7 Å². The number of benzene rings is 2. The standard InChI is InChI=1S/C26H28ClN3O4/c1-3-34-26(31)21-15-23(27)28-25-24(21)22(13-14-33-17-19-7-5-4-6-8-19)29-30(25)16-18-9-11-20(32-2)12-10-18/h4-12,15,24-25H,3,13-14,16-17H2,1-2H3. The maximum atomic E-state index is 12.8. The predicted molar refractivity (Wildman–Crippen MR) is 132 cm³/mol. The molecule has 0 aromatic heterocycles. The summed E-state index contributed by atoms with van der Waals surface area (Å²) in [5.74, 6) is 0.0592. The number of methoxy groups -OCH3 is 1. The Morgan fingerprint density at radius 1 is 1.09 bits per heavy atom. The van der Waals surface area contributed by atoms with Gasteiger partial charge in [-0.05, 0) is 36.3 Å². The average Bonchev–Trinajstić information content (AvgIpc) is 3.19. The molecule has 2 aromatic carbocycles. The fraction of sp³-hybridized carbons (Fsp3) is 0.346. The minimum Gasteiger partial charge on any atom is -0.497 e. The molecule has 0 N–H and O–H groups in total. The van der Waals surface area contributed by atoms with Gasteiger partial charge in [-0.1, -0.05) is 54.1 Å². The molecule has 4 rings (SSSR count). The van der Waals surface area contributed by atoms with Gasteiger partial charge in [0.15, 0.2) is 6.17 Å². The average molecular weight is 482 g/mol. The van der Waals surface area contributed by atoms with Crippen molar-refractivity contribution in [3.63, 3.8) is 0 Å². The number of rotatable bonds is 10. The van der Waals surface area contributed by atoms with Gasteiger partial charge in [-0.2, -0.15) is 5.10 Å². The predicted octanol–water partition coefficient (Wildman–Crippen LogP) is 4.56. The maximum Gasteiger partial charge on any atom is 0.334 e. The number of fused-ring (bicyclic) bond motifs is 1. The van der Waals surface area contributed by atoms with Crippen LogP contribution in [0.2, 0.25) is 0 Å². The van der Waals surface area contributed by atoms with Crippen molar-refractivity contribution in [1.29, 1.82) is 0 Å². The van der Waals surface area contributed by atoms with Gasteiger partial charge in [-0.3, -0.25) is 5.01 Å². The third-order valence-electron chi connectivity index (χ3n) is 5.71. The van der Waals surface area contributed by atoms with E-state index in [1.165, 1.54) is 0 Å². The quantitative estimate of drug-likeness (QED) is 0.367. The summed E-state index contributed by atoms with van der Waals surface area (Å²) in [5.41, 5.74) is 3.46. The normalized spacial score (nSPS) is 19.1. The number of dihydropyridines is 1. The van der Waals surface area contributed by atoms with E-state index in [1.54, 1.807) is 20.1 Å². The number of nitrogens with zero attached hydrogens (tertiary/aromatic N) is 3. The van der Waals surface area contributed by atoms with Crippen LogP contribution in [-0.2, 0) is 27.4 Å². The lowest BCUT2D eigenvalue weighted by molar-refractivity contribution is -0.139. The number of esters is 1. The van der Waals surface area contributed by atoms with E-state index in [9.17, 15) is 4.79 Å². The first kappa shape index (κ1) is 24.0. The molecule has 8 heteroatoms. The Bertz CT molecular complexity index is 1080. The number of aliphatic imine (C=N–C) groups is 1. The highest BCUT2D eigenvalue weighted by Crippen LogP contribution is 2.36. The van der Waals surface area contributed by atoms with Gasteiger partial charge >= 0.3 is 5.97 Å². The van der Waals surface area contributed by atoms with E-state index in [0.717, 1.165) is 22.6 Å². The Morgan fingerprint density at radius 2 is 1.85 bits per heavy atom. The SMILES string of the molecule is CCOC(=O)C1=CC(Cl)=NC2C1C(CCOCc1ccccc1)=NN2Cc1ccc(OC)cc1. The van der Waals surface area contributed by atoms with Gasteiger partial charge in [0.2, 0.25) is 0 Å². The second kappa shape index (κ2) is 11.3. The molecule has 2 aliphatic rings. The van der Waals surface area contributed by atoms with Crippen LogP contribution in [0.5, 0.6) is 5.75 Å². The second-order valence-electron chi connectivity index (χ2n) is 7.99. The van der Waals surface area contributed by atoms with Crippen molar-refractivity contribution in [3.05, 3.63) is 77.4 Å². The molecule has 2 aromatic rings. The summed E-state index contributed by atoms with van der Waals surface area (Å²) in [6.45, 7) is 3.57. The Labute approximate surface area is 204 Å². The van der Waals surface area contributed by atoms with Crippen LogP contribution in [0.4, 0.5) is 0 Å². The van der Waals surface area contributed by atoms with Crippen LogP contribution in [0.25, 0.3) is 0 Å². The highest BCUT2D eigenvalue weighted by atomic mass is 35.5. The summed E-state index contributed by atoms with van der Waals surface area (Å²) in [6, 6.07) is 17.8.